The summed E-state index contributed by atoms with van der Waals surface area (Å²) in [5, 5.41) is 0. The zero-order valence-electron chi connectivity index (χ0n) is 10.4. The van der Waals surface area contributed by atoms with Gasteiger partial charge in [0.1, 0.15) is 5.82 Å². The highest BCUT2D eigenvalue weighted by Crippen LogP contribution is 2.20. The predicted octanol–water partition coefficient (Wildman–Crippen LogP) is 2.90. The SMILES string of the molecule is C=C=Cc1cncc(N2CCCCC(C)C2)n1. The first-order valence-electron chi connectivity index (χ1n) is 6.22. The Morgan fingerprint density at radius 2 is 2.35 bits per heavy atom. The van der Waals surface area contributed by atoms with E-state index in [0.717, 1.165) is 30.5 Å². The van der Waals surface area contributed by atoms with Crippen molar-refractivity contribution in [1.82, 2.24) is 9.97 Å². The zero-order chi connectivity index (χ0) is 12.1. The van der Waals surface area contributed by atoms with E-state index in [4.69, 9.17) is 0 Å². The van der Waals surface area contributed by atoms with Crippen LogP contribution in [0.15, 0.2) is 24.7 Å². The molecular weight excluding hydrogens is 210 g/mol. The van der Waals surface area contributed by atoms with Gasteiger partial charge in [-0.05, 0) is 18.8 Å². The number of rotatable bonds is 2. The van der Waals surface area contributed by atoms with Crippen molar-refractivity contribution < 1.29 is 0 Å². The molecule has 0 spiro atoms. The molecule has 1 aromatic rings. The highest BCUT2D eigenvalue weighted by molar-refractivity contribution is 5.47. The summed E-state index contributed by atoms with van der Waals surface area (Å²) in [5.74, 6) is 1.71. The summed E-state index contributed by atoms with van der Waals surface area (Å²) in [4.78, 5) is 11.1. The average Bonchev–Trinajstić information content (AvgIpc) is 2.55. The molecule has 1 aromatic heterocycles. The normalized spacial score (nSPS) is 20.5. The molecule has 3 nitrogen and oxygen atoms in total. The fourth-order valence-electron chi connectivity index (χ4n) is 2.26. The molecule has 0 saturated carbocycles. The van der Waals surface area contributed by atoms with Gasteiger partial charge in [0.25, 0.3) is 0 Å². The molecule has 0 aliphatic carbocycles. The fourth-order valence-corrected chi connectivity index (χ4v) is 2.26. The van der Waals surface area contributed by atoms with Gasteiger partial charge in [-0.2, -0.15) is 0 Å². The molecule has 1 aliphatic rings. The van der Waals surface area contributed by atoms with Crippen molar-refractivity contribution in [3.05, 3.63) is 30.4 Å². The third kappa shape index (κ3) is 3.18. The van der Waals surface area contributed by atoms with Crippen LogP contribution in [0.1, 0.15) is 31.9 Å². The molecular formula is C14H19N3. The number of anilines is 1. The molecule has 1 unspecified atom stereocenters. The molecule has 0 N–H and O–H groups in total. The van der Waals surface area contributed by atoms with E-state index in [1.807, 2.05) is 6.20 Å². The van der Waals surface area contributed by atoms with Crippen LogP contribution in [-0.2, 0) is 0 Å². The van der Waals surface area contributed by atoms with E-state index in [1.54, 1.807) is 12.3 Å². The Morgan fingerprint density at radius 3 is 3.18 bits per heavy atom. The molecule has 1 saturated heterocycles. The zero-order valence-corrected chi connectivity index (χ0v) is 10.4. The van der Waals surface area contributed by atoms with E-state index in [2.05, 4.69) is 34.1 Å². The van der Waals surface area contributed by atoms with Crippen LogP contribution >= 0.6 is 0 Å². The summed E-state index contributed by atoms with van der Waals surface area (Å²) < 4.78 is 0. The third-order valence-corrected chi connectivity index (χ3v) is 3.12. The van der Waals surface area contributed by atoms with E-state index in [-0.39, 0.29) is 0 Å². The molecule has 2 heterocycles. The Bertz CT molecular complexity index is 421. The fraction of sp³-hybridized carbons (Fsp3) is 0.500. The number of aromatic nitrogens is 2. The van der Waals surface area contributed by atoms with Crippen LogP contribution in [0.5, 0.6) is 0 Å². The van der Waals surface area contributed by atoms with Crippen molar-refractivity contribution in [1.29, 1.82) is 0 Å². The summed E-state index contributed by atoms with van der Waals surface area (Å²) in [7, 11) is 0. The van der Waals surface area contributed by atoms with Crippen molar-refractivity contribution in [3.63, 3.8) is 0 Å². The van der Waals surface area contributed by atoms with Crippen molar-refractivity contribution >= 4 is 11.9 Å². The van der Waals surface area contributed by atoms with Gasteiger partial charge in [-0.1, -0.05) is 19.9 Å². The Morgan fingerprint density at radius 1 is 1.47 bits per heavy atom. The second-order valence-electron chi connectivity index (χ2n) is 4.70. The van der Waals surface area contributed by atoms with E-state index in [9.17, 15) is 0 Å². The summed E-state index contributed by atoms with van der Waals surface area (Å²) in [6.45, 7) is 8.03. The highest BCUT2D eigenvalue weighted by atomic mass is 15.2. The number of nitrogens with zero attached hydrogens (tertiary/aromatic N) is 3. The monoisotopic (exact) mass is 229 g/mol. The predicted molar refractivity (Wildman–Crippen MR) is 70.9 cm³/mol. The maximum absolute atomic E-state index is 4.57. The highest BCUT2D eigenvalue weighted by Gasteiger charge is 2.16. The first kappa shape index (κ1) is 11.9. The molecule has 0 amide bonds. The van der Waals surface area contributed by atoms with Crippen molar-refractivity contribution in [2.75, 3.05) is 18.0 Å². The lowest BCUT2D eigenvalue weighted by Crippen LogP contribution is -2.28. The minimum atomic E-state index is 0.734. The molecule has 2 rings (SSSR count). The van der Waals surface area contributed by atoms with Gasteiger partial charge in [0.2, 0.25) is 0 Å². The topological polar surface area (TPSA) is 29.0 Å². The molecule has 0 aromatic carbocycles. The lowest BCUT2D eigenvalue weighted by molar-refractivity contribution is 0.543. The Labute approximate surface area is 103 Å². The van der Waals surface area contributed by atoms with Crippen molar-refractivity contribution in [2.24, 2.45) is 5.92 Å². The van der Waals surface area contributed by atoms with Crippen LogP contribution in [0.2, 0.25) is 0 Å². The van der Waals surface area contributed by atoms with Gasteiger partial charge >= 0.3 is 0 Å². The van der Waals surface area contributed by atoms with Gasteiger partial charge in [0.05, 0.1) is 18.1 Å². The van der Waals surface area contributed by atoms with Gasteiger partial charge < -0.3 is 4.90 Å². The lowest BCUT2D eigenvalue weighted by Gasteiger charge is -2.23. The number of hydrogen-bond acceptors (Lipinski definition) is 3. The molecule has 90 valence electrons. The summed E-state index contributed by atoms with van der Waals surface area (Å²) >= 11 is 0. The van der Waals surface area contributed by atoms with Gasteiger partial charge in [0, 0.05) is 19.2 Å². The van der Waals surface area contributed by atoms with Crippen molar-refractivity contribution in [2.45, 2.75) is 26.2 Å². The summed E-state index contributed by atoms with van der Waals surface area (Å²) in [6.07, 6.45) is 9.22. The summed E-state index contributed by atoms with van der Waals surface area (Å²) in [6, 6.07) is 0. The maximum Gasteiger partial charge on any atom is 0.147 e. The quantitative estimate of drug-likeness (QED) is 0.730. The molecule has 1 aliphatic heterocycles. The van der Waals surface area contributed by atoms with Crippen LogP contribution in [0.3, 0.4) is 0 Å². The minimum Gasteiger partial charge on any atom is -0.355 e. The maximum atomic E-state index is 4.57. The minimum absolute atomic E-state index is 0.734. The van der Waals surface area contributed by atoms with Gasteiger partial charge in [0.15, 0.2) is 0 Å². The van der Waals surface area contributed by atoms with E-state index in [0.29, 0.717) is 0 Å². The average molecular weight is 229 g/mol. The Balaban J connectivity index is 2.19. The van der Waals surface area contributed by atoms with Gasteiger partial charge in [-0.15, -0.1) is 5.73 Å². The molecule has 1 atom stereocenters. The first-order valence-corrected chi connectivity index (χ1v) is 6.22. The molecule has 3 heteroatoms. The van der Waals surface area contributed by atoms with E-state index in [1.165, 1.54) is 19.3 Å². The number of hydrogen-bond donors (Lipinski definition) is 0. The Kier molecular flexibility index (Phi) is 3.94. The van der Waals surface area contributed by atoms with Crippen LogP contribution in [-0.4, -0.2) is 23.1 Å². The second kappa shape index (κ2) is 5.65. The smallest absolute Gasteiger partial charge is 0.147 e. The second-order valence-corrected chi connectivity index (χ2v) is 4.70. The lowest BCUT2D eigenvalue weighted by atomic mass is 10.1. The summed E-state index contributed by atoms with van der Waals surface area (Å²) in [5.41, 5.74) is 3.57. The molecule has 1 fully saturated rings. The van der Waals surface area contributed by atoms with Crippen molar-refractivity contribution in [3.8, 4) is 0 Å². The molecule has 0 radical (unpaired) electrons. The van der Waals surface area contributed by atoms with Crippen LogP contribution in [0.4, 0.5) is 5.82 Å². The Hall–Kier alpha value is -1.60. The first-order chi connectivity index (χ1) is 8.29. The van der Waals surface area contributed by atoms with Crippen LogP contribution < -0.4 is 4.90 Å². The van der Waals surface area contributed by atoms with E-state index >= 15 is 0 Å². The van der Waals surface area contributed by atoms with E-state index < -0.39 is 0 Å². The molecule has 17 heavy (non-hydrogen) atoms. The van der Waals surface area contributed by atoms with Crippen LogP contribution in [0.25, 0.3) is 6.08 Å². The largest absolute Gasteiger partial charge is 0.355 e. The van der Waals surface area contributed by atoms with Crippen LogP contribution in [0, 0.1) is 5.92 Å². The third-order valence-electron chi connectivity index (χ3n) is 3.12. The molecule has 0 bridgehead atoms. The standard InChI is InChI=1S/C14H19N3/c1-3-6-13-9-15-10-14(16-13)17-8-5-4-7-12(2)11-17/h6,9-10,12H,1,4-5,7-8,11H2,2H3. The van der Waals surface area contributed by atoms with Gasteiger partial charge in [-0.3, -0.25) is 4.98 Å². The van der Waals surface area contributed by atoms with Gasteiger partial charge in [-0.25, -0.2) is 4.98 Å².